The molecule has 0 spiro atoms. The number of rotatable bonds is 11. The zero-order valence-electron chi connectivity index (χ0n) is 10.8. The molecule has 0 aliphatic carbocycles. The summed E-state index contributed by atoms with van der Waals surface area (Å²) in [5, 5.41) is 0. The Morgan fingerprint density at radius 3 is 2.62 bits per heavy atom. The molecule has 0 aliphatic rings. The molecule has 1 atom stereocenters. The topological polar surface area (TPSA) is 26.3 Å². The predicted molar refractivity (Wildman–Crippen MR) is 68.6 cm³/mol. The summed E-state index contributed by atoms with van der Waals surface area (Å²) in [6.45, 7) is 8.35. The first-order valence-electron chi connectivity index (χ1n) is 6.51. The van der Waals surface area contributed by atoms with Crippen LogP contribution in [-0.2, 0) is 9.53 Å². The van der Waals surface area contributed by atoms with Crippen molar-refractivity contribution in [2.45, 2.75) is 64.9 Å². The number of Topliss-reactive ketones (excluding diaryl/α,β-unsaturated/α-hetero) is 1. The Hall–Kier alpha value is -0.630. The minimum Gasteiger partial charge on any atom is -0.371 e. The third kappa shape index (κ3) is 7.63. The molecule has 0 aliphatic heterocycles. The fourth-order valence-electron chi connectivity index (χ4n) is 1.73. The Morgan fingerprint density at radius 1 is 1.31 bits per heavy atom. The van der Waals surface area contributed by atoms with Crippen molar-refractivity contribution in [3.8, 4) is 0 Å². The molecule has 16 heavy (non-hydrogen) atoms. The van der Waals surface area contributed by atoms with E-state index in [1.165, 1.54) is 0 Å². The van der Waals surface area contributed by atoms with Gasteiger partial charge in [-0.15, -0.1) is 6.58 Å². The number of hydrogen-bond acceptors (Lipinski definition) is 2. The number of ether oxygens (including phenoxy) is 1. The van der Waals surface area contributed by atoms with Crippen LogP contribution in [0, 0.1) is 0 Å². The van der Waals surface area contributed by atoms with Gasteiger partial charge in [0.25, 0.3) is 0 Å². The van der Waals surface area contributed by atoms with Gasteiger partial charge in [-0.1, -0.05) is 25.8 Å². The molecule has 94 valence electrons. The number of allylic oxidation sites excluding steroid dienone is 1. The summed E-state index contributed by atoms with van der Waals surface area (Å²) in [7, 11) is 0. The van der Waals surface area contributed by atoms with Crippen LogP contribution in [0.25, 0.3) is 0 Å². The lowest BCUT2D eigenvalue weighted by Crippen LogP contribution is -2.24. The maximum absolute atomic E-state index is 11.8. The highest BCUT2D eigenvalue weighted by Gasteiger charge is 2.16. The molecule has 1 unspecified atom stereocenters. The molecule has 0 rings (SSSR count). The van der Waals surface area contributed by atoms with Crippen LogP contribution in [0.1, 0.15) is 58.8 Å². The van der Waals surface area contributed by atoms with E-state index in [4.69, 9.17) is 4.74 Å². The second-order valence-electron chi connectivity index (χ2n) is 4.09. The highest BCUT2D eigenvalue weighted by Crippen LogP contribution is 2.10. The maximum atomic E-state index is 11.8. The largest absolute Gasteiger partial charge is 0.371 e. The number of unbranched alkanes of at least 4 members (excludes halogenated alkanes) is 3. The second-order valence-corrected chi connectivity index (χ2v) is 4.09. The number of carbonyl (C=O) groups excluding carboxylic acids is 1. The number of hydrogen-bond donors (Lipinski definition) is 0. The first-order valence-corrected chi connectivity index (χ1v) is 6.51. The molecule has 0 radical (unpaired) electrons. The second kappa shape index (κ2) is 10.9. The Kier molecular flexibility index (Phi) is 10.4. The van der Waals surface area contributed by atoms with Gasteiger partial charge in [-0.25, -0.2) is 0 Å². The third-order valence-corrected chi connectivity index (χ3v) is 2.61. The van der Waals surface area contributed by atoms with E-state index < -0.39 is 0 Å². The van der Waals surface area contributed by atoms with Crippen LogP contribution in [0.4, 0.5) is 0 Å². The molecule has 2 nitrogen and oxygen atoms in total. The van der Waals surface area contributed by atoms with Crippen LogP contribution in [0.3, 0.4) is 0 Å². The maximum Gasteiger partial charge on any atom is 0.161 e. The van der Waals surface area contributed by atoms with Gasteiger partial charge >= 0.3 is 0 Å². The summed E-state index contributed by atoms with van der Waals surface area (Å²) in [5.41, 5.74) is 0. The van der Waals surface area contributed by atoms with Crippen LogP contribution in [0.15, 0.2) is 12.7 Å². The van der Waals surface area contributed by atoms with Crippen LogP contribution in [0.5, 0.6) is 0 Å². The summed E-state index contributed by atoms with van der Waals surface area (Å²) in [5.74, 6) is 0.280. The molecule has 0 fully saturated rings. The Labute approximate surface area is 100 Å². The van der Waals surface area contributed by atoms with Gasteiger partial charge < -0.3 is 4.74 Å². The normalized spacial score (nSPS) is 12.4. The zero-order valence-corrected chi connectivity index (χ0v) is 10.8. The molecule has 0 aromatic heterocycles. The lowest BCUT2D eigenvalue weighted by atomic mass is 10.0. The summed E-state index contributed by atoms with van der Waals surface area (Å²) < 4.78 is 5.46. The van der Waals surface area contributed by atoms with Gasteiger partial charge in [-0.05, 0) is 32.6 Å². The fourth-order valence-corrected chi connectivity index (χ4v) is 1.73. The van der Waals surface area contributed by atoms with Gasteiger partial charge in [-0.3, -0.25) is 4.79 Å². The molecular formula is C14H26O2. The van der Waals surface area contributed by atoms with Gasteiger partial charge in [0, 0.05) is 13.0 Å². The first-order chi connectivity index (χ1) is 7.76. The van der Waals surface area contributed by atoms with Crippen LogP contribution in [0.2, 0.25) is 0 Å². The smallest absolute Gasteiger partial charge is 0.161 e. The van der Waals surface area contributed by atoms with Crippen molar-refractivity contribution >= 4 is 5.78 Å². The minimum absolute atomic E-state index is 0.158. The van der Waals surface area contributed by atoms with E-state index in [0.29, 0.717) is 13.0 Å². The van der Waals surface area contributed by atoms with E-state index in [-0.39, 0.29) is 11.9 Å². The van der Waals surface area contributed by atoms with Crippen molar-refractivity contribution in [2.24, 2.45) is 0 Å². The van der Waals surface area contributed by atoms with E-state index in [0.717, 1.165) is 38.5 Å². The van der Waals surface area contributed by atoms with Crippen LogP contribution < -0.4 is 0 Å². The molecule has 0 saturated heterocycles. The first kappa shape index (κ1) is 15.4. The standard InChI is InChI=1S/C14H26O2/c1-4-7-8-9-10-12-13(15)14(11-5-2)16-6-3/h4,14H,1,5-12H2,2-3H3. The van der Waals surface area contributed by atoms with Crippen molar-refractivity contribution in [3.05, 3.63) is 12.7 Å². The predicted octanol–water partition coefficient (Wildman–Crippen LogP) is 3.90. The van der Waals surface area contributed by atoms with Gasteiger partial charge in [0.05, 0.1) is 0 Å². The quantitative estimate of drug-likeness (QED) is 0.394. The van der Waals surface area contributed by atoms with Gasteiger partial charge in [0.2, 0.25) is 0 Å². The van der Waals surface area contributed by atoms with Crippen molar-refractivity contribution in [2.75, 3.05) is 6.61 Å². The average molecular weight is 226 g/mol. The Morgan fingerprint density at radius 2 is 2.06 bits per heavy atom. The third-order valence-electron chi connectivity index (χ3n) is 2.61. The van der Waals surface area contributed by atoms with Crippen molar-refractivity contribution in [3.63, 3.8) is 0 Å². The SMILES string of the molecule is C=CCCCCCC(=O)C(CCC)OCC. The van der Waals surface area contributed by atoms with Gasteiger partial charge in [-0.2, -0.15) is 0 Å². The monoisotopic (exact) mass is 226 g/mol. The molecule has 0 aromatic carbocycles. The van der Waals surface area contributed by atoms with Crippen LogP contribution >= 0.6 is 0 Å². The molecule has 2 heteroatoms. The summed E-state index contributed by atoms with van der Waals surface area (Å²) >= 11 is 0. The van der Waals surface area contributed by atoms with Crippen molar-refractivity contribution < 1.29 is 9.53 Å². The number of carbonyl (C=O) groups is 1. The molecular weight excluding hydrogens is 200 g/mol. The lowest BCUT2D eigenvalue weighted by molar-refractivity contribution is -0.130. The van der Waals surface area contributed by atoms with Crippen LogP contribution in [-0.4, -0.2) is 18.5 Å². The lowest BCUT2D eigenvalue weighted by Gasteiger charge is -2.14. The highest BCUT2D eigenvalue weighted by molar-refractivity contribution is 5.82. The molecule has 0 aromatic rings. The molecule has 0 amide bonds. The van der Waals surface area contributed by atoms with Crippen molar-refractivity contribution in [1.29, 1.82) is 0 Å². The highest BCUT2D eigenvalue weighted by atomic mass is 16.5. The number of ketones is 1. The van der Waals surface area contributed by atoms with E-state index in [2.05, 4.69) is 13.5 Å². The summed E-state index contributed by atoms with van der Waals surface area (Å²) in [6, 6.07) is 0. The fraction of sp³-hybridized carbons (Fsp3) is 0.786. The van der Waals surface area contributed by atoms with E-state index >= 15 is 0 Å². The molecule has 0 N–H and O–H groups in total. The Balaban J connectivity index is 3.68. The van der Waals surface area contributed by atoms with Crippen molar-refractivity contribution in [1.82, 2.24) is 0 Å². The molecule has 0 heterocycles. The summed E-state index contributed by atoms with van der Waals surface area (Å²) in [6.07, 6.45) is 8.61. The van der Waals surface area contributed by atoms with E-state index in [9.17, 15) is 4.79 Å². The minimum atomic E-state index is -0.158. The van der Waals surface area contributed by atoms with E-state index in [1.54, 1.807) is 0 Å². The molecule has 0 bridgehead atoms. The van der Waals surface area contributed by atoms with Gasteiger partial charge in [0.15, 0.2) is 5.78 Å². The molecule has 0 saturated carbocycles. The van der Waals surface area contributed by atoms with Gasteiger partial charge in [0.1, 0.15) is 6.10 Å². The summed E-state index contributed by atoms with van der Waals surface area (Å²) in [4.78, 5) is 11.8. The average Bonchev–Trinajstić information content (AvgIpc) is 2.28. The van der Waals surface area contributed by atoms with E-state index in [1.807, 2.05) is 13.0 Å². The Bertz CT molecular complexity index is 181. The zero-order chi connectivity index (χ0) is 12.2.